The van der Waals surface area contributed by atoms with E-state index in [4.69, 9.17) is 9.40 Å². The molecule has 5 rings (SSSR count). The van der Waals surface area contributed by atoms with Crippen LogP contribution in [0.3, 0.4) is 0 Å². The van der Waals surface area contributed by atoms with Crippen LogP contribution in [-0.4, -0.2) is 4.98 Å². The van der Waals surface area contributed by atoms with E-state index in [-0.39, 0.29) is 5.41 Å². The first kappa shape index (κ1) is 12.0. The monoisotopic (exact) mass is 285 g/mol. The number of fused-ring (bicyclic) bond motifs is 2. The molecule has 0 unspecified atom stereocenters. The fraction of sp³-hybridized carbons (Fsp3) is 0.150. The summed E-state index contributed by atoms with van der Waals surface area (Å²) in [5.41, 5.74) is 6.64. The molecular formula is C20H15NO. The van der Waals surface area contributed by atoms with Crippen LogP contribution in [-0.2, 0) is 5.41 Å². The van der Waals surface area contributed by atoms with Crippen LogP contribution in [0, 0.1) is 0 Å². The molecule has 1 aliphatic rings. The molecule has 0 radical (unpaired) electrons. The summed E-state index contributed by atoms with van der Waals surface area (Å²) in [5, 5.41) is 2.35. The minimum absolute atomic E-state index is 0.0897. The quantitative estimate of drug-likeness (QED) is 0.439. The van der Waals surface area contributed by atoms with E-state index in [9.17, 15) is 0 Å². The third-order valence-electron chi connectivity index (χ3n) is 4.94. The summed E-state index contributed by atoms with van der Waals surface area (Å²) < 4.78 is 6.08. The van der Waals surface area contributed by atoms with Crippen molar-refractivity contribution in [3.05, 3.63) is 65.9 Å². The maximum atomic E-state index is 6.08. The second-order valence-corrected chi connectivity index (χ2v) is 6.48. The molecule has 0 amide bonds. The van der Waals surface area contributed by atoms with Gasteiger partial charge in [0.15, 0.2) is 0 Å². The smallest absolute Gasteiger partial charge is 0.139 e. The lowest BCUT2D eigenvalue weighted by atomic mass is 9.76. The van der Waals surface area contributed by atoms with Gasteiger partial charge in [-0.05, 0) is 23.3 Å². The van der Waals surface area contributed by atoms with E-state index < -0.39 is 0 Å². The lowest BCUT2D eigenvalue weighted by molar-refractivity contribution is 0.643. The SMILES string of the molecule is CC1(C)c2ccccc2-c2nccc3oc4cccc1c4c23. The Labute approximate surface area is 128 Å². The molecule has 0 aliphatic heterocycles. The average Bonchev–Trinajstić information content (AvgIpc) is 2.89. The number of furan rings is 1. The first-order chi connectivity index (χ1) is 10.7. The number of pyridine rings is 1. The Hall–Kier alpha value is -2.61. The van der Waals surface area contributed by atoms with Crippen molar-refractivity contribution in [1.82, 2.24) is 4.98 Å². The summed E-state index contributed by atoms with van der Waals surface area (Å²) in [4.78, 5) is 4.70. The summed E-state index contributed by atoms with van der Waals surface area (Å²) in [5.74, 6) is 0. The second-order valence-electron chi connectivity index (χ2n) is 6.48. The van der Waals surface area contributed by atoms with Crippen LogP contribution in [0.1, 0.15) is 25.0 Å². The van der Waals surface area contributed by atoms with Crippen molar-refractivity contribution in [2.45, 2.75) is 19.3 Å². The Balaban J connectivity index is 2.15. The molecule has 106 valence electrons. The van der Waals surface area contributed by atoms with Crippen molar-refractivity contribution in [3.63, 3.8) is 0 Å². The van der Waals surface area contributed by atoms with E-state index in [1.54, 1.807) is 0 Å². The van der Waals surface area contributed by atoms with Crippen molar-refractivity contribution < 1.29 is 4.42 Å². The van der Waals surface area contributed by atoms with Gasteiger partial charge in [-0.1, -0.05) is 50.2 Å². The Morgan fingerprint density at radius 1 is 0.818 bits per heavy atom. The maximum Gasteiger partial charge on any atom is 0.139 e. The summed E-state index contributed by atoms with van der Waals surface area (Å²) >= 11 is 0. The predicted octanol–water partition coefficient (Wildman–Crippen LogP) is 5.29. The topological polar surface area (TPSA) is 26.0 Å². The highest BCUT2D eigenvalue weighted by Gasteiger charge is 2.33. The third kappa shape index (κ3) is 1.28. The molecule has 2 heteroatoms. The van der Waals surface area contributed by atoms with Gasteiger partial charge in [0.05, 0.1) is 11.1 Å². The van der Waals surface area contributed by atoms with Crippen molar-refractivity contribution >= 4 is 21.9 Å². The van der Waals surface area contributed by atoms with Gasteiger partial charge in [-0.2, -0.15) is 0 Å². The van der Waals surface area contributed by atoms with Gasteiger partial charge in [0.1, 0.15) is 11.2 Å². The van der Waals surface area contributed by atoms with Gasteiger partial charge >= 0.3 is 0 Å². The number of aromatic nitrogens is 1. The average molecular weight is 285 g/mol. The highest BCUT2D eigenvalue weighted by Crippen LogP contribution is 2.48. The van der Waals surface area contributed by atoms with E-state index in [1.807, 2.05) is 12.3 Å². The molecule has 2 aromatic heterocycles. The van der Waals surface area contributed by atoms with Crippen LogP contribution in [0.2, 0.25) is 0 Å². The molecule has 2 nitrogen and oxygen atoms in total. The van der Waals surface area contributed by atoms with Crippen molar-refractivity contribution in [2.75, 3.05) is 0 Å². The standard InChI is InChI=1S/C20H15NO/c1-20(2)13-7-4-3-6-12(13)19-18-16(10-11-21-19)22-15-9-5-8-14(20)17(15)18/h3-11H,1-2H3. The highest BCUT2D eigenvalue weighted by molar-refractivity contribution is 6.14. The fourth-order valence-electron chi connectivity index (χ4n) is 3.87. The van der Waals surface area contributed by atoms with Crippen molar-refractivity contribution in [3.8, 4) is 11.3 Å². The largest absolute Gasteiger partial charge is 0.456 e. The van der Waals surface area contributed by atoms with Crippen LogP contribution in [0.5, 0.6) is 0 Å². The maximum absolute atomic E-state index is 6.08. The van der Waals surface area contributed by atoms with Gasteiger partial charge < -0.3 is 4.42 Å². The number of hydrogen-bond donors (Lipinski definition) is 0. The molecule has 1 aliphatic carbocycles. The zero-order valence-corrected chi connectivity index (χ0v) is 12.6. The van der Waals surface area contributed by atoms with E-state index in [1.165, 1.54) is 22.1 Å². The van der Waals surface area contributed by atoms with Gasteiger partial charge in [0.2, 0.25) is 0 Å². The number of rotatable bonds is 0. The minimum Gasteiger partial charge on any atom is -0.456 e. The summed E-state index contributed by atoms with van der Waals surface area (Å²) in [6.45, 7) is 4.57. The highest BCUT2D eigenvalue weighted by atomic mass is 16.3. The van der Waals surface area contributed by atoms with Crippen LogP contribution in [0.4, 0.5) is 0 Å². The molecule has 4 aromatic rings. The van der Waals surface area contributed by atoms with Gasteiger partial charge in [0, 0.05) is 22.6 Å². The number of nitrogens with zero attached hydrogens (tertiary/aromatic N) is 1. The van der Waals surface area contributed by atoms with Gasteiger partial charge in [-0.15, -0.1) is 0 Å². The lowest BCUT2D eigenvalue weighted by Gasteiger charge is -2.27. The number of benzene rings is 2. The molecule has 0 spiro atoms. The van der Waals surface area contributed by atoms with Gasteiger partial charge in [-0.25, -0.2) is 0 Å². The van der Waals surface area contributed by atoms with Crippen LogP contribution in [0.25, 0.3) is 33.2 Å². The predicted molar refractivity (Wildman–Crippen MR) is 89.1 cm³/mol. The summed E-state index contributed by atoms with van der Waals surface area (Å²) in [6.07, 6.45) is 1.84. The molecule has 0 fully saturated rings. The molecule has 0 N–H and O–H groups in total. The minimum atomic E-state index is -0.0897. The third-order valence-corrected chi connectivity index (χ3v) is 4.94. The molecule has 0 bridgehead atoms. The van der Waals surface area contributed by atoms with Crippen LogP contribution >= 0.6 is 0 Å². The molecule has 0 atom stereocenters. The van der Waals surface area contributed by atoms with Crippen molar-refractivity contribution in [1.29, 1.82) is 0 Å². The van der Waals surface area contributed by atoms with Gasteiger partial charge in [-0.3, -0.25) is 4.98 Å². The fourth-order valence-corrected chi connectivity index (χ4v) is 3.87. The first-order valence-electron chi connectivity index (χ1n) is 7.58. The Morgan fingerprint density at radius 2 is 1.59 bits per heavy atom. The molecule has 2 aromatic carbocycles. The normalized spacial score (nSPS) is 15.2. The Bertz CT molecular complexity index is 1060. The van der Waals surface area contributed by atoms with Crippen LogP contribution in [0.15, 0.2) is 59.1 Å². The van der Waals surface area contributed by atoms with Crippen LogP contribution < -0.4 is 0 Å². The lowest BCUT2D eigenvalue weighted by Crippen LogP contribution is -2.19. The molecular weight excluding hydrogens is 270 g/mol. The number of hydrogen-bond acceptors (Lipinski definition) is 2. The second kappa shape index (κ2) is 3.77. The van der Waals surface area contributed by atoms with Gasteiger partial charge in [0.25, 0.3) is 0 Å². The van der Waals surface area contributed by atoms with E-state index >= 15 is 0 Å². The zero-order valence-electron chi connectivity index (χ0n) is 12.6. The molecule has 22 heavy (non-hydrogen) atoms. The molecule has 0 saturated carbocycles. The Morgan fingerprint density at radius 3 is 2.50 bits per heavy atom. The first-order valence-corrected chi connectivity index (χ1v) is 7.58. The zero-order chi connectivity index (χ0) is 14.9. The Kier molecular flexibility index (Phi) is 2.06. The summed E-state index contributed by atoms with van der Waals surface area (Å²) in [7, 11) is 0. The summed E-state index contributed by atoms with van der Waals surface area (Å²) in [6, 6.07) is 16.9. The van der Waals surface area contributed by atoms with E-state index in [0.29, 0.717) is 0 Å². The molecule has 2 heterocycles. The van der Waals surface area contributed by atoms with E-state index in [0.717, 1.165) is 22.2 Å². The van der Waals surface area contributed by atoms with E-state index in [2.05, 4.69) is 56.3 Å². The molecule has 0 saturated heterocycles. The van der Waals surface area contributed by atoms with Crippen molar-refractivity contribution in [2.24, 2.45) is 0 Å².